The van der Waals surface area contributed by atoms with Crippen molar-refractivity contribution in [1.29, 1.82) is 0 Å². The molecule has 2 aromatic rings. The van der Waals surface area contributed by atoms with Gasteiger partial charge in [-0.3, -0.25) is 0 Å². The number of benzene rings is 1. The summed E-state index contributed by atoms with van der Waals surface area (Å²) in [6.45, 7) is 4.17. The summed E-state index contributed by atoms with van der Waals surface area (Å²) in [6, 6.07) is 9.54. The number of furan rings is 1. The molecule has 1 N–H and O–H groups in total. The molecule has 0 amide bonds. The molecule has 4 heteroatoms. The maximum absolute atomic E-state index is 10.0. The molecule has 0 aliphatic rings. The molecule has 1 heterocycles. The van der Waals surface area contributed by atoms with Crippen molar-refractivity contribution < 1.29 is 19.0 Å². The van der Waals surface area contributed by atoms with E-state index in [4.69, 9.17) is 13.9 Å². The van der Waals surface area contributed by atoms with Crippen LogP contribution in [0.1, 0.15) is 31.6 Å². The molecule has 1 atom stereocenters. The molecule has 0 spiro atoms. The zero-order valence-corrected chi connectivity index (χ0v) is 11.9. The Bertz CT molecular complexity index is 473. The summed E-state index contributed by atoms with van der Waals surface area (Å²) >= 11 is 0. The van der Waals surface area contributed by atoms with Crippen LogP contribution in [0.25, 0.3) is 11.0 Å². The van der Waals surface area contributed by atoms with Crippen LogP contribution in [0.5, 0.6) is 0 Å². The molecule has 1 aromatic carbocycles. The topological polar surface area (TPSA) is 51.8 Å². The fourth-order valence-corrected chi connectivity index (χ4v) is 1.91. The maximum Gasteiger partial charge on any atom is 0.136 e. The van der Waals surface area contributed by atoms with Gasteiger partial charge in [0.1, 0.15) is 17.4 Å². The van der Waals surface area contributed by atoms with Gasteiger partial charge in [-0.05, 0) is 18.6 Å². The van der Waals surface area contributed by atoms with E-state index in [1.54, 1.807) is 0 Å². The van der Waals surface area contributed by atoms with Crippen LogP contribution in [0.15, 0.2) is 34.7 Å². The number of aliphatic hydroxyl groups excluding tert-OH is 1. The van der Waals surface area contributed by atoms with Crippen LogP contribution in [-0.4, -0.2) is 31.5 Å². The van der Waals surface area contributed by atoms with Crippen molar-refractivity contribution in [1.82, 2.24) is 0 Å². The summed E-state index contributed by atoms with van der Waals surface area (Å²) in [4.78, 5) is 0. The Morgan fingerprint density at radius 1 is 1.15 bits per heavy atom. The second kappa shape index (κ2) is 8.04. The SMILES string of the molecule is CCCCOCCOCC(O)c1cc2ccccc2o1. The standard InChI is InChI=1S/C16H22O4/c1-2-3-8-18-9-10-19-12-14(17)16-11-13-6-4-5-7-15(13)20-16/h4-7,11,14,17H,2-3,8-10,12H2,1H3. The van der Waals surface area contributed by atoms with E-state index in [0.717, 1.165) is 30.4 Å². The fraction of sp³-hybridized carbons (Fsp3) is 0.500. The van der Waals surface area contributed by atoms with Crippen molar-refractivity contribution in [2.75, 3.05) is 26.4 Å². The van der Waals surface area contributed by atoms with Crippen LogP contribution >= 0.6 is 0 Å². The third-order valence-electron chi connectivity index (χ3n) is 3.06. The summed E-state index contributed by atoms with van der Waals surface area (Å²) in [5, 5.41) is 11.0. The van der Waals surface area contributed by atoms with E-state index in [-0.39, 0.29) is 6.61 Å². The number of rotatable bonds is 9. The highest BCUT2D eigenvalue weighted by molar-refractivity contribution is 5.77. The van der Waals surface area contributed by atoms with Crippen molar-refractivity contribution in [3.05, 3.63) is 36.1 Å². The lowest BCUT2D eigenvalue weighted by molar-refractivity contribution is -0.00336. The third-order valence-corrected chi connectivity index (χ3v) is 3.06. The zero-order chi connectivity index (χ0) is 14.2. The summed E-state index contributed by atoms with van der Waals surface area (Å²) in [5.41, 5.74) is 0.782. The van der Waals surface area contributed by atoms with E-state index in [1.165, 1.54) is 0 Å². The van der Waals surface area contributed by atoms with E-state index in [2.05, 4.69) is 6.92 Å². The molecular formula is C16H22O4. The molecule has 1 unspecified atom stereocenters. The smallest absolute Gasteiger partial charge is 0.136 e. The highest BCUT2D eigenvalue weighted by Crippen LogP contribution is 2.23. The second-order valence-electron chi connectivity index (χ2n) is 4.74. The van der Waals surface area contributed by atoms with Crippen molar-refractivity contribution in [3.63, 3.8) is 0 Å². The first-order chi connectivity index (χ1) is 9.81. The van der Waals surface area contributed by atoms with Gasteiger partial charge in [-0.25, -0.2) is 0 Å². The largest absolute Gasteiger partial charge is 0.458 e. The molecule has 0 radical (unpaired) electrons. The maximum atomic E-state index is 10.0. The number of hydrogen-bond donors (Lipinski definition) is 1. The highest BCUT2D eigenvalue weighted by Gasteiger charge is 2.13. The molecule has 0 saturated heterocycles. The highest BCUT2D eigenvalue weighted by atomic mass is 16.5. The van der Waals surface area contributed by atoms with Gasteiger partial charge in [0.25, 0.3) is 0 Å². The van der Waals surface area contributed by atoms with Crippen LogP contribution in [0.2, 0.25) is 0 Å². The van der Waals surface area contributed by atoms with E-state index in [9.17, 15) is 5.11 Å². The normalized spacial score (nSPS) is 12.9. The molecule has 1 aromatic heterocycles. The van der Waals surface area contributed by atoms with Gasteiger partial charge in [-0.15, -0.1) is 0 Å². The lowest BCUT2D eigenvalue weighted by Crippen LogP contribution is -2.11. The van der Waals surface area contributed by atoms with Gasteiger partial charge in [-0.2, -0.15) is 0 Å². The van der Waals surface area contributed by atoms with Crippen LogP contribution in [0.3, 0.4) is 0 Å². The number of aliphatic hydroxyl groups is 1. The number of fused-ring (bicyclic) bond motifs is 1. The first kappa shape index (κ1) is 15.0. The van der Waals surface area contributed by atoms with Crippen LogP contribution < -0.4 is 0 Å². The molecule has 0 bridgehead atoms. The van der Waals surface area contributed by atoms with Crippen molar-refractivity contribution >= 4 is 11.0 Å². The van der Waals surface area contributed by atoms with Gasteiger partial charge in [0.15, 0.2) is 0 Å². The van der Waals surface area contributed by atoms with Gasteiger partial charge >= 0.3 is 0 Å². The quantitative estimate of drug-likeness (QED) is 0.715. The Kier molecular flexibility index (Phi) is 6.05. The van der Waals surface area contributed by atoms with Gasteiger partial charge < -0.3 is 19.0 Å². The predicted molar refractivity (Wildman–Crippen MR) is 77.7 cm³/mol. The molecule has 0 aliphatic carbocycles. The van der Waals surface area contributed by atoms with E-state index in [1.807, 2.05) is 30.3 Å². The predicted octanol–water partition coefficient (Wildman–Crippen LogP) is 3.30. The molecule has 0 fully saturated rings. The third kappa shape index (κ3) is 4.34. The minimum atomic E-state index is -0.738. The zero-order valence-electron chi connectivity index (χ0n) is 11.9. The van der Waals surface area contributed by atoms with Crippen molar-refractivity contribution in [2.45, 2.75) is 25.9 Å². The van der Waals surface area contributed by atoms with Crippen LogP contribution in [0.4, 0.5) is 0 Å². The Balaban J connectivity index is 1.70. The molecule has 110 valence electrons. The lowest BCUT2D eigenvalue weighted by atomic mass is 10.2. The number of hydrogen-bond acceptors (Lipinski definition) is 4. The van der Waals surface area contributed by atoms with E-state index in [0.29, 0.717) is 19.0 Å². The van der Waals surface area contributed by atoms with Crippen molar-refractivity contribution in [3.8, 4) is 0 Å². The minimum absolute atomic E-state index is 0.219. The van der Waals surface area contributed by atoms with Gasteiger partial charge in [0.05, 0.1) is 19.8 Å². The summed E-state index contributed by atoms with van der Waals surface area (Å²) in [5.74, 6) is 0.540. The number of unbranched alkanes of at least 4 members (excludes halogenated alkanes) is 1. The summed E-state index contributed by atoms with van der Waals surface area (Å²) in [7, 11) is 0. The average molecular weight is 278 g/mol. The van der Waals surface area contributed by atoms with E-state index < -0.39 is 6.10 Å². The first-order valence-corrected chi connectivity index (χ1v) is 7.13. The lowest BCUT2D eigenvalue weighted by Gasteiger charge is -2.09. The van der Waals surface area contributed by atoms with Crippen molar-refractivity contribution in [2.24, 2.45) is 0 Å². The van der Waals surface area contributed by atoms with Gasteiger partial charge in [0, 0.05) is 12.0 Å². The molecule has 4 nitrogen and oxygen atoms in total. The Morgan fingerprint density at radius 2 is 1.95 bits per heavy atom. The summed E-state index contributed by atoms with van der Waals surface area (Å²) < 4.78 is 16.3. The molecular weight excluding hydrogens is 256 g/mol. The molecule has 20 heavy (non-hydrogen) atoms. The average Bonchev–Trinajstić information content (AvgIpc) is 2.90. The Labute approximate surface area is 119 Å². The van der Waals surface area contributed by atoms with Crippen LogP contribution in [0, 0.1) is 0 Å². The monoisotopic (exact) mass is 278 g/mol. The summed E-state index contributed by atoms with van der Waals surface area (Å²) in [6.07, 6.45) is 1.46. The Morgan fingerprint density at radius 3 is 2.75 bits per heavy atom. The Hall–Kier alpha value is -1.36. The van der Waals surface area contributed by atoms with E-state index >= 15 is 0 Å². The second-order valence-corrected chi connectivity index (χ2v) is 4.74. The number of para-hydroxylation sites is 1. The number of ether oxygens (including phenoxy) is 2. The first-order valence-electron chi connectivity index (χ1n) is 7.13. The fourth-order valence-electron chi connectivity index (χ4n) is 1.91. The molecule has 0 saturated carbocycles. The molecule has 0 aliphatic heterocycles. The minimum Gasteiger partial charge on any atom is -0.458 e. The molecule has 2 rings (SSSR count). The van der Waals surface area contributed by atoms with Gasteiger partial charge in [-0.1, -0.05) is 31.5 Å². The van der Waals surface area contributed by atoms with Gasteiger partial charge in [0.2, 0.25) is 0 Å². The van der Waals surface area contributed by atoms with Crippen LogP contribution in [-0.2, 0) is 9.47 Å².